The maximum atomic E-state index is 12.9. The van der Waals surface area contributed by atoms with Gasteiger partial charge in [-0.3, -0.25) is 4.79 Å². The predicted octanol–water partition coefficient (Wildman–Crippen LogP) is 1.65. The molecule has 2 aliphatic heterocycles. The second-order valence-electron chi connectivity index (χ2n) is 7.99. The number of carbonyl (C=O) groups is 1. The van der Waals surface area contributed by atoms with Crippen LogP contribution in [0.2, 0.25) is 0 Å². The Morgan fingerprint density at radius 3 is 2.23 bits per heavy atom. The van der Waals surface area contributed by atoms with Crippen molar-refractivity contribution in [3.63, 3.8) is 0 Å². The van der Waals surface area contributed by atoms with Crippen molar-refractivity contribution in [2.75, 3.05) is 81.3 Å². The molecule has 8 heteroatoms. The fourth-order valence-electron chi connectivity index (χ4n) is 3.83. The van der Waals surface area contributed by atoms with Crippen LogP contribution in [0, 0.1) is 6.92 Å². The third-order valence-electron chi connectivity index (χ3n) is 5.64. The van der Waals surface area contributed by atoms with E-state index in [0.717, 1.165) is 54.9 Å². The number of aromatic nitrogens is 2. The van der Waals surface area contributed by atoms with Crippen LogP contribution >= 0.6 is 0 Å². The van der Waals surface area contributed by atoms with Crippen LogP contribution in [-0.2, 0) is 4.74 Å². The number of ether oxygens (including phenoxy) is 1. The third kappa shape index (κ3) is 4.48. The first-order valence-corrected chi connectivity index (χ1v) is 10.5. The van der Waals surface area contributed by atoms with Crippen LogP contribution in [0.4, 0.5) is 17.5 Å². The maximum absolute atomic E-state index is 12.9. The lowest BCUT2D eigenvalue weighted by atomic mass is 10.1. The molecule has 2 fully saturated rings. The number of carbonyl (C=O) groups excluding carboxylic acids is 1. The molecule has 8 nitrogen and oxygen atoms in total. The molecule has 2 aliphatic rings. The third-order valence-corrected chi connectivity index (χ3v) is 5.64. The number of nitrogens with zero attached hydrogens (tertiary/aromatic N) is 6. The van der Waals surface area contributed by atoms with Crippen LogP contribution in [0.5, 0.6) is 0 Å². The number of aryl methyl sites for hydroxylation is 1. The second-order valence-corrected chi connectivity index (χ2v) is 7.99. The summed E-state index contributed by atoms with van der Waals surface area (Å²) in [6.07, 6.45) is 0. The van der Waals surface area contributed by atoms with Gasteiger partial charge in [-0.05, 0) is 31.2 Å². The number of hydrogen-bond donors (Lipinski definition) is 0. The van der Waals surface area contributed by atoms with Gasteiger partial charge in [0.05, 0.1) is 13.2 Å². The second kappa shape index (κ2) is 8.87. The van der Waals surface area contributed by atoms with Gasteiger partial charge in [-0.15, -0.1) is 0 Å². The van der Waals surface area contributed by atoms with E-state index in [1.807, 2.05) is 61.2 Å². The van der Waals surface area contributed by atoms with Crippen molar-refractivity contribution in [3.05, 3.63) is 41.6 Å². The summed E-state index contributed by atoms with van der Waals surface area (Å²) in [5.41, 5.74) is 2.79. The minimum atomic E-state index is 0.0906. The fraction of sp³-hybridized carbons (Fsp3) is 0.500. The van der Waals surface area contributed by atoms with Gasteiger partial charge in [-0.25, -0.2) is 4.98 Å². The lowest BCUT2D eigenvalue weighted by Gasteiger charge is -2.36. The van der Waals surface area contributed by atoms with Crippen LogP contribution in [0.1, 0.15) is 16.1 Å². The van der Waals surface area contributed by atoms with Crippen molar-refractivity contribution in [2.45, 2.75) is 6.92 Å². The van der Waals surface area contributed by atoms with Crippen LogP contribution in [0.25, 0.3) is 0 Å². The van der Waals surface area contributed by atoms with E-state index >= 15 is 0 Å². The maximum Gasteiger partial charge on any atom is 0.253 e. The molecule has 0 radical (unpaired) electrons. The minimum absolute atomic E-state index is 0.0906. The molecule has 0 atom stereocenters. The number of rotatable bonds is 4. The Hall–Kier alpha value is -2.87. The van der Waals surface area contributed by atoms with E-state index in [4.69, 9.17) is 9.72 Å². The smallest absolute Gasteiger partial charge is 0.253 e. The van der Waals surface area contributed by atoms with Crippen molar-refractivity contribution in [2.24, 2.45) is 0 Å². The zero-order valence-corrected chi connectivity index (χ0v) is 18.0. The van der Waals surface area contributed by atoms with Gasteiger partial charge in [-0.1, -0.05) is 0 Å². The highest BCUT2D eigenvalue weighted by Crippen LogP contribution is 2.21. The highest BCUT2D eigenvalue weighted by Gasteiger charge is 2.24. The molecule has 1 aromatic carbocycles. The van der Waals surface area contributed by atoms with E-state index < -0.39 is 0 Å². The van der Waals surface area contributed by atoms with Gasteiger partial charge >= 0.3 is 0 Å². The lowest BCUT2D eigenvalue weighted by Crippen LogP contribution is -2.49. The zero-order chi connectivity index (χ0) is 21.1. The SMILES string of the molecule is Cc1cc(N2CCN(C(=O)c3ccc(N(C)C)cc3)CC2)nc(N2CCOCC2)n1. The van der Waals surface area contributed by atoms with Crippen molar-refractivity contribution in [3.8, 4) is 0 Å². The molecular weight excluding hydrogens is 380 g/mol. The number of piperazine rings is 1. The molecule has 0 saturated carbocycles. The van der Waals surface area contributed by atoms with Gasteiger partial charge in [0.1, 0.15) is 5.82 Å². The Balaban J connectivity index is 1.40. The molecule has 4 rings (SSSR count). The average Bonchev–Trinajstić information content (AvgIpc) is 2.79. The monoisotopic (exact) mass is 410 g/mol. The first-order valence-electron chi connectivity index (χ1n) is 10.5. The van der Waals surface area contributed by atoms with Gasteiger partial charge in [0.15, 0.2) is 0 Å². The summed E-state index contributed by atoms with van der Waals surface area (Å²) in [7, 11) is 3.99. The van der Waals surface area contributed by atoms with Gasteiger partial charge in [-0.2, -0.15) is 4.98 Å². The molecule has 0 aliphatic carbocycles. The molecule has 1 aromatic heterocycles. The summed E-state index contributed by atoms with van der Waals surface area (Å²) in [6.45, 7) is 7.96. The Kier molecular flexibility index (Phi) is 6.03. The van der Waals surface area contributed by atoms with Crippen LogP contribution in [-0.4, -0.2) is 87.4 Å². The standard InChI is InChI=1S/C22H30N6O2/c1-17-16-20(24-22(23-17)28-12-14-30-15-13-28)26-8-10-27(11-9-26)21(29)18-4-6-19(7-5-18)25(2)3/h4-7,16H,8-15H2,1-3H3. The van der Waals surface area contributed by atoms with Crippen molar-refractivity contribution in [1.29, 1.82) is 0 Å². The summed E-state index contributed by atoms with van der Waals surface area (Å²) >= 11 is 0. The quantitative estimate of drug-likeness (QED) is 0.759. The Labute approximate surface area is 178 Å². The number of morpholine rings is 1. The highest BCUT2D eigenvalue weighted by atomic mass is 16.5. The Bertz CT molecular complexity index is 872. The molecule has 2 saturated heterocycles. The summed E-state index contributed by atoms with van der Waals surface area (Å²) in [6, 6.07) is 9.82. The topological polar surface area (TPSA) is 65.0 Å². The molecular formula is C22H30N6O2. The molecule has 160 valence electrons. The van der Waals surface area contributed by atoms with E-state index in [1.165, 1.54) is 0 Å². The molecule has 0 bridgehead atoms. The largest absolute Gasteiger partial charge is 0.378 e. The van der Waals surface area contributed by atoms with Gasteiger partial charge in [0, 0.05) is 76.4 Å². The van der Waals surface area contributed by atoms with E-state index in [0.29, 0.717) is 26.3 Å². The van der Waals surface area contributed by atoms with Crippen molar-refractivity contribution >= 4 is 23.4 Å². The molecule has 30 heavy (non-hydrogen) atoms. The van der Waals surface area contributed by atoms with E-state index in [-0.39, 0.29) is 5.91 Å². The first-order chi connectivity index (χ1) is 14.5. The summed E-state index contributed by atoms with van der Waals surface area (Å²) in [5, 5.41) is 0. The first kappa shape index (κ1) is 20.4. The predicted molar refractivity (Wildman–Crippen MR) is 119 cm³/mol. The molecule has 0 unspecified atom stereocenters. The number of hydrogen-bond acceptors (Lipinski definition) is 7. The Morgan fingerprint density at radius 1 is 0.933 bits per heavy atom. The van der Waals surface area contributed by atoms with Gasteiger partial charge in [0.25, 0.3) is 5.91 Å². The normalized spacial score (nSPS) is 17.2. The summed E-state index contributed by atoms with van der Waals surface area (Å²) < 4.78 is 5.44. The Morgan fingerprint density at radius 2 is 1.60 bits per heavy atom. The number of benzene rings is 1. The van der Waals surface area contributed by atoms with E-state index in [1.54, 1.807) is 0 Å². The van der Waals surface area contributed by atoms with Gasteiger partial charge < -0.3 is 24.3 Å². The summed E-state index contributed by atoms with van der Waals surface area (Å²) in [4.78, 5) is 30.7. The van der Waals surface area contributed by atoms with E-state index in [9.17, 15) is 4.79 Å². The lowest BCUT2D eigenvalue weighted by molar-refractivity contribution is 0.0746. The molecule has 0 N–H and O–H groups in total. The molecule has 2 aromatic rings. The molecule has 0 spiro atoms. The average molecular weight is 411 g/mol. The number of amides is 1. The fourth-order valence-corrected chi connectivity index (χ4v) is 3.83. The van der Waals surface area contributed by atoms with Crippen LogP contribution < -0.4 is 14.7 Å². The molecule has 3 heterocycles. The van der Waals surface area contributed by atoms with Gasteiger partial charge in [0.2, 0.25) is 5.95 Å². The molecule has 1 amide bonds. The summed E-state index contributed by atoms with van der Waals surface area (Å²) in [5.74, 6) is 1.80. The minimum Gasteiger partial charge on any atom is -0.378 e. The zero-order valence-electron chi connectivity index (χ0n) is 18.0. The van der Waals surface area contributed by atoms with E-state index in [2.05, 4.69) is 14.8 Å². The van der Waals surface area contributed by atoms with Crippen molar-refractivity contribution < 1.29 is 9.53 Å². The van der Waals surface area contributed by atoms with Crippen LogP contribution in [0.15, 0.2) is 30.3 Å². The van der Waals surface area contributed by atoms with Crippen LogP contribution in [0.3, 0.4) is 0 Å². The number of anilines is 3. The van der Waals surface area contributed by atoms with Crippen molar-refractivity contribution in [1.82, 2.24) is 14.9 Å². The highest BCUT2D eigenvalue weighted by molar-refractivity contribution is 5.94.